The number of hydrogen-bond acceptors (Lipinski definition) is 3. The lowest BCUT2D eigenvalue weighted by Crippen LogP contribution is -2.26. The second-order valence-corrected chi connectivity index (χ2v) is 3.64. The van der Waals surface area contributed by atoms with Gasteiger partial charge in [-0.25, -0.2) is 0 Å². The predicted molar refractivity (Wildman–Crippen MR) is 56.2 cm³/mol. The van der Waals surface area contributed by atoms with Crippen LogP contribution in [0.3, 0.4) is 0 Å². The van der Waals surface area contributed by atoms with Crippen molar-refractivity contribution < 1.29 is 9.52 Å². The molecule has 0 radical (unpaired) electrons. The predicted octanol–water partition coefficient (Wildman–Crippen LogP) is 1.87. The van der Waals surface area contributed by atoms with Crippen molar-refractivity contribution in [1.29, 1.82) is 0 Å². The summed E-state index contributed by atoms with van der Waals surface area (Å²) in [6, 6.07) is 4.14. The first-order valence-electron chi connectivity index (χ1n) is 5.13. The standard InChI is InChI=1S/C11H19NO2/c1-4-10-5-6-11(14-10)9(3)12-7-8(2)13/h5-6,8-9,12-13H,4,7H2,1-3H3/t8-,9?/m0/s1. The van der Waals surface area contributed by atoms with E-state index in [1.807, 2.05) is 19.1 Å². The number of hydrogen-bond donors (Lipinski definition) is 2. The Bertz CT molecular complexity index is 268. The Morgan fingerprint density at radius 2 is 2.14 bits per heavy atom. The van der Waals surface area contributed by atoms with Crippen molar-refractivity contribution in [3.63, 3.8) is 0 Å². The summed E-state index contributed by atoms with van der Waals surface area (Å²) in [6.07, 6.45) is 0.599. The molecule has 2 N–H and O–H groups in total. The summed E-state index contributed by atoms with van der Waals surface area (Å²) in [5.41, 5.74) is 0. The minimum Gasteiger partial charge on any atom is -0.464 e. The maximum absolute atomic E-state index is 9.11. The number of rotatable bonds is 5. The van der Waals surface area contributed by atoms with Crippen molar-refractivity contribution in [1.82, 2.24) is 5.32 Å². The molecule has 0 spiro atoms. The summed E-state index contributed by atoms with van der Waals surface area (Å²) < 4.78 is 5.58. The van der Waals surface area contributed by atoms with Gasteiger partial charge in [0.05, 0.1) is 12.1 Å². The summed E-state index contributed by atoms with van der Waals surface area (Å²) in [7, 11) is 0. The lowest BCUT2D eigenvalue weighted by atomic mass is 10.2. The number of aryl methyl sites for hydroxylation is 1. The highest BCUT2D eigenvalue weighted by Gasteiger charge is 2.09. The van der Waals surface area contributed by atoms with E-state index in [-0.39, 0.29) is 12.1 Å². The van der Waals surface area contributed by atoms with Crippen LogP contribution in [0.25, 0.3) is 0 Å². The number of aliphatic hydroxyl groups is 1. The molecule has 0 aliphatic carbocycles. The first kappa shape index (κ1) is 11.3. The van der Waals surface area contributed by atoms with Crippen LogP contribution in [0.4, 0.5) is 0 Å². The molecule has 1 heterocycles. The normalized spacial score (nSPS) is 15.4. The molecule has 2 atom stereocenters. The minimum atomic E-state index is -0.321. The largest absolute Gasteiger partial charge is 0.464 e. The maximum Gasteiger partial charge on any atom is 0.120 e. The number of nitrogens with one attached hydrogen (secondary N) is 1. The fourth-order valence-corrected chi connectivity index (χ4v) is 1.27. The Morgan fingerprint density at radius 3 is 2.64 bits per heavy atom. The van der Waals surface area contributed by atoms with Crippen LogP contribution in [0.2, 0.25) is 0 Å². The van der Waals surface area contributed by atoms with E-state index < -0.39 is 0 Å². The molecular formula is C11H19NO2. The van der Waals surface area contributed by atoms with E-state index >= 15 is 0 Å². The summed E-state index contributed by atoms with van der Waals surface area (Å²) in [6.45, 7) is 6.44. The third kappa shape index (κ3) is 3.16. The van der Waals surface area contributed by atoms with E-state index in [2.05, 4.69) is 12.2 Å². The van der Waals surface area contributed by atoms with E-state index in [4.69, 9.17) is 9.52 Å². The van der Waals surface area contributed by atoms with Gasteiger partial charge in [-0.15, -0.1) is 0 Å². The molecule has 0 saturated heterocycles. The molecule has 14 heavy (non-hydrogen) atoms. The van der Waals surface area contributed by atoms with Crippen LogP contribution in [0.5, 0.6) is 0 Å². The minimum absolute atomic E-state index is 0.157. The molecule has 0 saturated carbocycles. The topological polar surface area (TPSA) is 45.4 Å². The highest BCUT2D eigenvalue weighted by atomic mass is 16.3. The average Bonchev–Trinajstić information content (AvgIpc) is 2.62. The summed E-state index contributed by atoms with van der Waals surface area (Å²) in [5.74, 6) is 1.94. The Hall–Kier alpha value is -0.800. The molecule has 0 fully saturated rings. The highest BCUT2D eigenvalue weighted by Crippen LogP contribution is 2.16. The van der Waals surface area contributed by atoms with Crippen LogP contribution >= 0.6 is 0 Å². The lowest BCUT2D eigenvalue weighted by Gasteiger charge is -2.12. The van der Waals surface area contributed by atoms with Crippen LogP contribution in [-0.2, 0) is 6.42 Å². The van der Waals surface area contributed by atoms with E-state index in [9.17, 15) is 0 Å². The summed E-state index contributed by atoms with van der Waals surface area (Å²) in [5, 5.41) is 12.3. The van der Waals surface area contributed by atoms with Crippen molar-refractivity contribution in [2.75, 3.05) is 6.54 Å². The fourth-order valence-electron chi connectivity index (χ4n) is 1.27. The molecule has 0 amide bonds. The van der Waals surface area contributed by atoms with Gasteiger partial charge >= 0.3 is 0 Å². The molecule has 1 aromatic rings. The van der Waals surface area contributed by atoms with Gasteiger partial charge in [0.2, 0.25) is 0 Å². The van der Waals surface area contributed by atoms with Gasteiger partial charge in [-0.1, -0.05) is 6.92 Å². The average molecular weight is 197 g/mol. The van der Waals surface area contributed by atoms with E-state index in [0.717, 1.165) is 17.9 Å². The monoisotopic (exact) mass is 197 g/mol. The van der Waals surface area contributed by atoms with Gasteiger partial charge in [0.15, 0.2) is 0 Å². The Balaban J connectivity index is 2.47. The van der Waals surface area contributed by atoms with Crippen molar-refractivity contribution in [3.05, 3.63) is 23.7 Å². The Labute approximate surface area is 85.1 Å². The smallest absolute Gasteiger partial charge is 0.120 e. The van der Waals surface area contributed by atoms with Crippen LogP contribution in [0, 0.1) is 0 Å². The van der Waals surface area contributed by atoms with Gasteiger partial charge in [0.1, 0.15) is 11.5 Å². The van der Waals surface area contributed by atoms with Crippen LogP contribution < -0.4 is 5.32 Å². The van der Waals surface area contributed by atoms with Gasteiger partial charge in [-0.05, 0) is 26.0 Å². The van der Waals surface area contributed by atoms with Crippen LogP contribution in [-0.4, -0.2) is 17.8 Å². The third-order valence-electron chi connectivity index (χ3n) is 2.18. The van der Waals surface area contributed by atoms with E-state index in [1.54, 1.807) is 6.92 Å². The van der Waals surface area contributed by atoms with E-state index in [1.165, 1.54) is 0 Å². The van der Waals surface area contributed by atoms with E-state index in [0.29, 0.717) is 6.54 Å². The molecule has 3 heteroatoms. The number of furan rings is 1. The molecule has 0 aliphatic rings. The van der Waals surface area contributed by atoms with Gasteiger partial charge in [0.25, 0.3) is 0 Å². The van der Waals surface area contributed by atoms with Gasteiger partial charge < -0.3 is 14.8 Å². The Kier molecular flexibility index (Phi) is 4.17. The second kappa shape index (κ2) is 5.17. The SMILES string of the molecule is CCc1ccc(C(C)NC[C@H](C)O)o1. The molecule has 1 aromatic heterocycles. The molecular weight excluding hydrogens is 178 g/mol. The first-order chi connectivity index (χ1) is 6.63. The zero-order valence-corrected chi connectivity index (χ0v) is 9.08. The van der Waals surface area contributed by atoms with Crippen molar-refractivity contribution in [3.8, 4) is 0 Å². The summed E-state index contributed by atoms with van der Waals surface area (Å²) in [4.78, 5) is 0. The zero-order valence-electron chi connectivity index (χ0n) is 9.08. The van der Waals surface area contributed by atoms with Crippen molar-refractivity contribution in [2.45, 2.75) is 39.3 Å². The number of aliphatic hydroxyl groups excluding tert-OH is 1. The van der Waals surface area contributed by atoms with Gasteiger partial charge in [-0.2, -0.15) is 0 Å². The summed E-state index contributed by atoms with van der Waals surface area (Å²) >= 11 is 0. The van der Waals surface area contributed by atoms with Gasteiger partial charge in [0, 0.05) is 13.0 Å². The highest BCUT2D eigenvalue weighted by molar-refractivity contribution is 5.10. The van der Waals surface area contributed by atoms with Crippen LogP contribution in [0.1, 0.15) is 38.3 Å². The zero-order chi connectivity index (χ0) is 10.6. The fraction of sp³-hybridized carbons (Fsp3) is 0.636. The first-order valence-corrected chi connectivity index (χ1v) is 5.13. The van der Waals surface area contributed by atoms with Crippen molar-refractivity contribution >= 4 is 0 Å². The molecule has 0 aliphatic heterocycles. The maximum atomic E-state index is 9.11. The van der Waals surface area contributed by atoms with Crippen LogP contribution in [0.15, 0.2) is 16.5 Å². The molecule has 0 aromatic carbocycles. The molecule has 1 unspecified atom stereocenters. The second-order valence-electron chi connectivity index (χ2n) is 3.64. The molecule has 3 nitrogen and oxygen atoms in total. The lowest BCUT2D eigenvalue weighted by molar-refractivity contribution is 0.185. The third-order valence-corrected chi connectivity index (χ3v) is 2.18. The molecule has 80 valence electrons. The quantitative estimate of drug-likeness (QED) is 0.757. The Morgan fingerprint density at radius 1 is 1.43 bits per heavy atom. The van der Waals surface area contributed by atoms with Crippen molar-refractivity contribution in [2.24, 2.45) is 0 Å². The van der Waals surface area contributed by atoms with Gasteiger partial charge in [-0.3, -0.25) is 0 Å². The molecule has 0 bridgehead atoms. The molecule has 1 rings (SSSR count).